The van der Waals surface area contributed by atoms with E-state index < -0.39 is 35.0 Å². The van der Waals surface area contributed by atoms with Crippen molar-refractivity contribution in [3.8, 4) is 0 Å². The molecule has 0 heterocycles. The van der Waals surface area contributed by atoms with Crippen LogP contribution in [0.25, 0.3) is 0 Å². The third-order valence-electron chi connectivity index (χ3n) is 4.15. The summed E-state index contributed by atoms with van der Waals surface area (Å²) in [6, 6.07) is 8.22. The number of rotatable bonds is 11. The van der Waals surface area contributed by atoms with Gasteiger partial charge in [0, 0.05) is 18.6 Å². The van der Waals surface area contributed by atoms with Gasteiger partial charge in [0.15, 0.2) is 5.12 Å². The van der Waals surface area contributed by atoms with Gasteiger partial charge < -0.3 is 16.2 Å². The number of hydrogen-bond acceptors (Lipinski definition) is 5. The van der Waals surface area contributed by atoms with Crippen LogP contribution >= 0.6 is 11.8 Å². The molecule has 0 aliphatic carbocycles. The summed E-state index contributed by atoms with van der Waals surface area (Å²) in [4.78, 5) is 47.6. The van der Waals surface area contributed by atoms with Gasteiger partial charge in [0.05, 0.1) is 12.3 Å². The summed E-state index contributed by atoms with van der Waals surface area (Å²) in [7, 11) is 0. The fraction of sp³-hybridized carbons (Fsp3) is 0.500. The molecule has 8 heteroatoms. The average molecular weight is 409 g/mol. The second-order valence-corrected chi connectivity index (χ2v) is 8.55. The third-order valence-corrected chi connectivity index (χ3v) is 5.28. The standard InChI is InChI=1S/C20H28N2O5S/c1-12(2)9-15(17(11-18(24)25)28-13(3)23)20(27)22-16(19(21)26)10-14-7-5-4-6-8-14/h4-8,12,15-17H,9-11H2,1-3H3,(H2,21,26)(H,22,27)(H,24,25). The summed E-state index contributed by atoms with van der Waals surface area (Å²) in [6.07, 6.45) is 0.301. The quantitative estimate of drug-likeness (QED) is 0.514. The van der Waals surface area contributed by atoms with E-state index in [-0.39, 0.29) is 23.9 Å². The molecule has 3 atom stereocenters. The van der Waals surface area contributed by atoms with Crippen LogP contribution in [0.5, 0.6) is 0 Å². The summed E-state index contributed by atoms with van der Waals surface area (Å²) >= 11 is 0.849. The minimum absolute atomic E-state index is 0.0979. The number of carboxylic acid groups (broad SMARTS) is 1. The Kier molecular flexibility index (Phi) is 9.72. The van der Waals surface area contributed by atoms with E-state index in [1.165, 1.54) is 6.92 Å². The SMILES string of the molecule is CC(=O)SC(CC(=O)O)C(CC(C)C)C(=O)NC(Cc1ccccc1)C(N)=O. The van der Waals surface area contributed by atoms with E-state index in [9.17, 15) is 24.3 Å². The molecule has 0 bridgehead atoms. The van der Waals surface area contributed by atoms with Crippen molar-refractivity contribution < 1.29 is 24.3 Å². The van der Waals surface area contributed by atoms with Crippen LogP contribution in [0.1, 0.15) is 39.2 Å². The molecule has 0 saturated heterocycles. The summed E-state index contributed by atoms with van der Waals surface area (Å²) in [6.45, 7) is 5.16. The number of thioether (sulfide) groups is 1. The summed E-state index contributed by atoms with van der Waals surface area (Å²) in [5, 5.41) is 10.9. The van der Waals surface area contributed by atoms with E-state index in [0.29, 0.717) is 6.42 Å². The second-order valence-electron chi connectivity index (χ2n) is 7.14. The summed E-state index contributed by atoms with van der Waals surface area (Å²) in [5.74, 6) is -2.86. The number of amides is 2. The first-order chi connectivity index (χ1) is 13.1. The van der Waals surface area contributed by atoms with Crippen molar-refractivity contribution in [2.75, 3.05) is 0 Å². The number of carboxylic acids is 1. The number of nitrogens with one attached hydrogen (secondary N) is 1. The maximum Gasteiger partial charge on any atom is 0.304 e. The smallest absolute Gasteiger partial charge is 0.304 e. The van der Waals surface area contributed by atoms with Gasteiger partial charge in [-0.15, -0.1) is 0 Å². The summed E-state index contributed by atoms with van der Waals surface area (Å²) < 4.78 is 0. The molecule has 4 N–H and O–H groups in total. The predicted octanol–water partition coefficient (Wildman–Crippen LogP) is 1.98. The van der Waals surface area contributed by atoms with E-state index in [1.807, 2.05) is 44.2 Å². The van der Waals surface area contributed by atoms with Crippen molar-refractivity contribution in [1.29, 1.82) is 0 Å². The Hall–Kier alpha value is -2.35. The van der Waals surface area contributed by atoms with Gasteiger partial charge in [-0.2, -0.15) is 0 Å². The van der Waals surface area contributed by atoms with Crippen LogP contribution in [0.3, 0.4) is 0 Å². The van der Waals surface area contributed by atoms with Gasteiger partial charge in [-0.3, -0.25) is 19.2 Å². The van der Waals surface area contributed by atoms with Gasteiger partial charge in [0.1, 0.15) is 6.04 Å². The molecule has 28 heavy (non-hydrogen) atoms. The second kappa shape index (κ2) is 11.5. The normalized spacial score (nSPS) is 14.1. The van der Waals surface area contributed by atoms with Crippen LogP contribution in [-0.4, -0.2) is 39.3 Å². The highest BCUT2D eigenvalue weighted by Crippen LogP contribution is 2.29. The lowest BCUT2D eigenvalue weighted by Crippen LogP contribution is -2.49. The van der Waals surface area contributed by atoms with Gasteiger partial charge in [0.2, 0.25) is 11.8 Å². The van der Waals surface area contributed by atoms with E-state index in [2.05, 4.69) is 5.32 Å². The first-order valence-electron chi connectivity index (χ1n) is 9.12. The molecular formula is C20H28N2O5S. The first-order valence-corrected chi connectivity index (χ1v) is 10.0. The Morgan fingerprint density at radius 3 is 2.21 bits per heavy atom. The maximum absolute atomic E-state index is 13.0. The van der Waals surface area contributed by atoms with E-state index >= 15 is 0 Å². The number of benzene rings is 1. The summed E-state index contributed by atoms with van der Waals surface area (Å²) in [5.41, 5.74) is 6.30. The molecule has 154 valence electrons. The zero-order valence-electron chi connectivity index (χ0n) is 16.4. The third kappa shape index (κ3) is 8.56. The van der Waals surface area contributed by atoms with E-state index in [1.54, 1.807) is 0 Å². The van der Waals surface area contributed by atoms with Crippen molar-refractivity contribution in [3.63, 3.8) is 0 Å². The highest BCUT2D eigenvalue weighted by atomic mass is 32.2. The Morgan fingerprint density at radius 2 is 1.75 bits per heavy atom. The van der Waals surface area contributed by atoms with Gasteiger partial charge in [-0.1, -0.05) is 55.9 Å². The van der Waals surface area contributed by atoms with Gasteiger partial charge in [0.25, 0.3) is 0 Å². The first kappa shape index (κ1) is 23.7. The highest BCUT2D eigenvalue weighted by Gasteiger charge is 2.34. The lowest BCUT2D eigenvalue weighted by Gasteiger charge is -2.27. The Bertz CT molecular complexity index is 677. The van der Waals surface area contributed by atoms with Crippen LogP contribution in [0.15, 0.2) is 30.3 Å². The van der Waals surface area contributed by atoms with Crippen molar-refractivity contribution in [3.05, 3.63) is 35.9 Å². The van der Waals surface area contributed by atoms with Crippen LogP contribution in [0.4, 0.5) is 0 Å². The van der Waals surface area contributed by atoms with Crippen molar-refractivity contribution in [2.24, 2.45) is 17.6 Å². The molecule has 0 aromatic heterocycles. The Labute approximate surface area is 169 Å². The molecular weight excluding hydrogens is 380 g/mol. The molecule has 0 aliphatic heterocycles. The average Bonchev–Trinajstić information content (AvgIpc) is 2.58. The van der Waals surface area contributed by atoms with E-state index in [4.69, 9.17) is 5.73 Å². The van der Waals surface area contributed by atoms with E-state index in [0.717, 1.165) is 17.3 Å². The Balaban J connectivity index is 3.03. The van der Waals surface area contributed by atoms with Crippen LogP contribution < -0.4 is 11.1 Å². The highest BCUT2D eigenvalue weighted by molar-refractivity contribution is 8.14. The minimum Gasteiger partial charge on any atom is -0.481 e. The zero-order chi connectivity index (χ0) is 21.3. The lowest BCUT2D eigenvalue weighted by atomic mass is 9.91. The molecule has 1 aromatic rings. The fourth-order valence-electron chi connectivity index (χ4n) is 2.94. The number of hydrogen-bond donors (Lipinski definition) is 3. The molecule has 2 amide bonds. The van der Waals surface area contributed by atoms with Crippen LogP contribution in [0.2, 0.25) is 0 Å². The molecule has 0 fully saturated rings. The minimum atomic E-state index is -1.09. The van der Waals surface area contributed by atoms with Crippen molar-refractivity contribution >= 4 is 34.7 Å². The molecule has 0 spiro atoms. The monoisotopic (exact) mass is 408 g/mol. The molecule has 3 unspecified atom stereocenters. The van der Waals surface area contributed by atoms with Crippen molar-refractivity contribution in [2.45, 2.75) is 51.3 Å². The maximum atomic E-state index is 13.0. The largest absolute Gasteiger partial charge is 0.481 e. The zero-order valence-corrected chi connectivity index (χ0v) is 17.2. The van der Waals surface area contributed by atoms with Gasteiger partial charge in [-0.05, 0) is 17.9 Å². The fourth-order valence-corrected chi connectivity index (χ4v) is 3.99. The Morgan fingerprint density at radius 1 is 1.14 bits per heavy atom. The van der Waals surface area contributed by atoms with Crippen LogP contribution in [-0.2, 0) is 25.6 Å². The lowest BCUT2D eigenvalue weighted by molar-refractivity contribution is -0.137. The number of carbonyl (C=O) groups is 4. The molecule has 0 aliphatic rings. The van der Waals surface area contributed by atoms with Crippen LogP contribution in [0, 0.1) is 11.8 Å². The topological polar surface area (TPSA) is 127 Å². The van der Waals surface area contributed by atoms with Crippen molar-refractivity contribution in [1.82, 2.24) is 5.32 Å². The number of primary amides is 1. The molecule has 0 saturated carbocycles. The van der Waals surface area contributed by atoms with Gasteiger partial charge in [-0.25, -0.2) is 0 Å². The number of carbonyl (C=O) groups excluding carboxylic acids is 3. The van der Waals surface area contributed by atoms with Gasteiger partial charge >= 0.3 is 5.97 Å². The molecule has 7 nitrogen and oxygen atoms in total. The molecule has 0 radical (unpaired) electrons. The number of aliphatic carboxylic acids is 1. The number of nitrogens with two attached hydrogens (primary N) is 1. The predicted molar refractivity (Wildman–Crippen MR) is 109 cm³/mol. The molecule has 1 rings (SSSR count). The molecule has 1 aromatic carbocycles.